The van der Waals surface area contributed by atoms with Gasteiger partial charge in [-0.2, -0.15) is 0 Å². The number of carbonyl (C=O) groups excluding carboxylic acids is 1. The van der Waals surface area contributed by atoms with E-state index in [-0.39, 0.29) is 12.4 Å². The summed E-state index contributed by atoms with van der Waals surface area (Å²) in [5, 5.41) is 0. The third kappa shape index (κ3) is 3.44. The number of hydrogen-bond donors (Lipinski definition) is 0. The van der Waals surface area contributed by atoms with Crippen molar-refractivity contribution in [1.82, 2.24) is 0 Å². The number of ketones is 1. The van der Waals surface area contributed by atoms with Crippen molar-refractivity contribution in [3.63, 3.8) is 0 Å². The van der Waals surface area contributed by atoms with Crippen molar-refractivity contribution in [2.24, 2.45) is 0 Å². The molecule has 0 unspecified atom stereocenters. The summed E-state index contributed by atoms with van der Waals surface area (Å²) in [5.74, 6) is 0.710. The second-order valence-corrected chi connectivity index (χ2v) is 5.24. The number of carbonyl (C=O) groups is 1. The minimum atomic E-state index is -0.0150. The number of rotatable bonds is 4. The van der Waals surface area contributed by atoms with Crippen molar-refractivity contribution in [3.8, 4) is 5.75 Å². The summed E-state index contributed by atoms with van der Waals surface area (Å²) in [6.45, 7) is 4.07. The molecule has 0 saturated heterocycles. The van der Waals surface area contributed by atoms with Crippen molar-refractivity contribution >= 4 is 21.7 Å². The largest absolute Gasteiger partial charge is 0.485 e. The van der Waals surface area contributed by atoms with Crippen LogP contribution in [0.2, 0.25) is 0 Å². The highest BCUT2D eigenvalue weighted by Crippen LogP contribution is 2.26. The predicted molar refractivity (Wildman–Crippen MR) is 79.9 cm³/mol. The molecule has 2 rings (SSSR count). The maximum absolute atomic E-state index is 11.9. The highest BCUT2D eigenvalue weighted by Gasteiger charge is 2.08. The molecule has 0 N–H and O–H groups in total. The van der Waals surface area contributed by atoms with Crippen molar-refractivity contribution < 1.29 is 9.53 Å². The Labute approximate surface area is 121 Å². The molecule has 0 radical (unpaired) electrons. The molecule has 0 heterocycles. The molecule has 0 aliphatic heterocycles. The van der Waals surface area contributed by atoms with E-state index in [2.05, 4.69) is 15.9 Å². The number of halogens is 1. The zero-order valence-corrected chi connectivity index (χ0v) is 12.5. The van der Waals surface area contributed by atoms with Crippen LogP contribution in [0.1, 0.15) is 21.5 Å². The standard InChI is InChI=1S/C16H15BrO2/c1-11-8-14(9-12(2)16(11)17)19-10-15(18)13-6-4-3-5-7-13/h3-9H,10H2,1-2H3. The van der Waals surface area contributed by atoms with Crippen LogP contribution in [0.4, 0.5) is 0 Å². The Morgan fingerprint density at radius 2 is 1.68 bits per heavy atom. The summed E-state index contributed by atoms with van der Waals surface area (Å²) in [4.78, 5) is 11.9. The van der Waals surface area contributed by atoms with Crippen LogP contribution >= 0.6 is 15.9 Å². The average molecular weight is 319 g/mol. The Morgan fingerprint density at radius 1 is 1.11 bits per heavy atom. The number of Topliss-reactive ketones (excluding diaryl/α,β-unsaturated/α-hetero) is 1. The normalized spacial score (nSPS) is 10.3. The molecule has 0 fully saturated rings. The molecule has 2 aromatic rings. The zero-order chi connectivity index (χ0) is 13.8. The highest BCUT2D eigenvalue weighted by atomic mass is 79.9. The topological polar surface area (TPSA) is 26.3 Å². The van der Waals surface area contributed by atoms with Gasteiger partial charge in [-0.15, -0.1) is 0 Å². The van der Waals surface area contributed by atoms with Gasteiger partial charge in [0, 0.05) is 10.0 Å². The minimum absolute atomic E-state index is 0.0150. The van der Waals surface area contributed by atoms with Gasteiger partial charge >= 0.3 is 0 Å². The number of benzene rings is 2. The third-order valence-electron chi connectivity index (χ3n) is 2.88. The van der Waals surface area contributed by atoms with Gasteiger partial charge in [-0.1, -0.05) is 46.3 Å². The average Bonchev–Trinajstić information content (AvgIpc) is 2.43. The Balaban J connectivity index is 2.05. The monoisotopic (exact) mass is 318 g/mol. The van der Waals surface area contributed by atoms with Crippen LogP contribution < -0.4 is 4.74 Å². The number of hydrogen-bond acceptors (Lipinski definition) is 2. The number of ether oxygens (including phenoxy) is 1. The fraction of sp³-hybridized carbons (Fsp3) is 0.188. The molecule has 0 aromatic heterocycles. The van der Waals surface area contributed by atoms with E-state index in [0.29, 0.717) is 5.56 Å². The minimum Gasteiger partial charge on any atom is -0.485 e. The summed E-state index contributed by atoms with van der Waals surface area (Å²) in [6, 6.07) is 13.0. The van der Waals surface area contributed by atoms with Gasteiger partial charge in [0.05, 0.1) is 0 Å². The third-order valence-corrected chi connectivity index (χ3v) is 4.13. The van der Waals surface area contributed by atoms with Gasteiger partial charge in [-0.3, -0.25) is 4.79 Å². The molecule has 0 bridgehead atoms. The van der Waals surface area contributed by atoms with E-state index in [0.717, 1.165) is 21.3 Å². The van der Waals surface area contributed by atoms with Gasteiger partial charge < -0.3 is 4.74 Å². The van der Waals surface area contributed by atoms with Gasteiger partial charge in [-0.25, -0.2) is 0 Å². The molecule has 2 aromatic carbocycles. The van der Waals surface area contributed by atoms with Crippen LogP contribution in [0.15, 0.2) is 46.9 Å². The molecule has 98 valence electrons. The van der Waals surface area contributed by atoms with E-state index in [1.807, 2.05) is 44.2 Å². The summed E-state index contributed by atoms with van der Waals surface area (Å²) in [7, 11) is 0. The van der Waals surface area contributed by atoms with E-state index >= 15 is 0 Å². The smallest absolute Gasteiger partial charge is 0.200 e. The van der Waals surface area contributed by atoms with Gasteiger partial charge in [0.25, 0.3) is 0 Å². The Hall–Kier alpha value is -1.61. The lowest BCUT2D eigenvalue weighted by Gasteiger charge is -2.09. The molecule has 0 aliphatic rings. The second kappa shape index (κ2) is 6.02. The Kier molecular flexibility index (Phi) is 4.38. The quantitative estimate of drug-likeness (QED) is 0.784. The zero-order valence-electron chi connectivity index (χ0n) is 10.9. The molecule has 0 saturated carbocycles. The highest BCUT2D eigenvalue weighted by molar-refractivity contribution is 9.10. The first-order valence-corrected chi connectivity index (χ1v) is 6.85. The fourth-order valence-corrected chi connectivity index (χ4v) is 2.07. The maximum atomic E-state index is 11.9. The van der Waals surface area contributed by atoms with E-state index < -0.39 is 0 Å². The maximum Gasteiger partial charge on any atom is 0.200 e. The van der Waals surface area contributed by atoms with Crippen LogP contribution in [0.5, 0.6) is 5.75 Å². The molecule has 0 aliphatic carbocycles. The van der Waals surface area contributed by atoms with Crippen molar-refractivity contribution in [1.29, 1.82) is 0 Å². The predicted octanol–water partition coefficient (Wildman–Crippen LogP) is 4.33. The fourth-order valence-electron chi connectivity index (χ4n) is 1.85. The summed E-state index contributed by atoms with van der Waals surface area (Å²) >= 11 is 3.51. The molecule has 19 heavy (non-hydrogen) atoms. The second-order valence-electron chi connectivity index (χ2n) is 4.45. The molecule has 0 atom stereocenters. The van der Waals surface area contributed by atoms with Crippen LogP contribution in [0.25, 0.3) is 0 Å². The van der Waals surface area contributed by atoms with Gasteiger partial charge in [0.2, 0.25) is 0 Å². The first-order valence-electron chi connectivity index (χ1n) is 6.05. The summed E-state index contributed by atoms with van der Waals surface area (Å²) < 4.78 is 6.65. The summed E-state index contributed by atoms with van der Waals surface area (Å²) in [5.41, 5.74) is 2.87. The Morgan fingerprint density at radius 3 is 2.26 bits per heavy atom. The van der Waals surface area contributed by atoms with Gasteiger partial charge in [0.15, 0.2) is 12.4 Å². The van der Waals surface area contributed by atoms with Crippen LogP contribution in [-0.2, 0) is 0 Å². The van der Waals surface area contributed by atoms with Crippen molar-refractivity contribution in [3.05, 3.63) is 63.6 Å². The van der Waals surface area contributed by atoms with Crippen LogP contribution in [0.3, 0.4) is 0 Å². The lowest BCUT2D eigenvalue weighted by atomic mass is 10.1. The van der Waals surface area contributed by atoms with E-state index in [1.165, 1.54) is 0 Å². The Bertz CT molecular complexity index is 568. The molecular weight excluding hydrogens is 304 g/mol. The van der Waals surface area contributed by atoms with Gasteiger partial charge in [0.1, 0.15) is 5.75 Å². The lowest BCUT2D eigenvalue weighted by Crippen LogP contribution is -2.11. The molecule has 0 amide bonds. The van der Waals surface area contributed by atoms with Crippen molar-refractivity contribution in [2.45, 2.75) is 13.8 Å². The van der Waals surface area contributed by atoms with Crippen LogP contribution in [0, 0.1) is 13.8 Å². The van der Waals surface area contributed by atoms with Crippen LogP contribution in [-0.4, -0.2) is 12.4 Å². The van der Waals surface area contributed by atoms with E-state index in [4.69, 9.17) is 4.74 Å². The molecule has 3 heteroatoms. The number of aryl methyl sites for hydroxylation is 2. The molecule has 0 spiro atoms. The lowest BCUT2D eigenvalue weighted by molar-refractivity contribution is 0.0921. The molecule has 2 nitrogen and oxygen atoms in total. The van der Waals surface area contributed by atoms with Gasteiger partial charge in [-0.05, 0) is 37.1 Å². The molecular formula is C16H15BrO2. The first-order chi connectivity index (χ1) is 9.08. The van der Waals surface area contributed by atoms with E-state index in [1.54, 1.807) is 12.1 Å². The van der Waals surface area contributed by atoms with E-state index in [9.17, 15) is 4.79 Å². The van der Waals surface area contributed by atoms with Crippen molar-refractivity contribution in [2.75, 3.05) is 6.61 Å². The summed E-state index contributed by atoms with van der Waals surface area (Å²) in [6.07, 6.45) is 0. The SMILES string of the molecule is Cc1cc(OCC(=O)c2ccccc2)cc(C)c1Br. The first kappa shape index (κ1) is 13.8.